The molecule has 0 spiro atoms. The molecule has 0 bridgehead atoms. The maximum absolute atomic E-state index is 10.6. The molecular weight excluding hydrogens is 216 g/mol. The highest BCUT2D eigenvalue weighted by Crippen LogP contribution is 2.30. The van der Waals surface area contributed by atoms with Gasteiger partial charge in [0.25, 0.3) is 0 Å². The summed E-state index contributed by atoms with van der Waals surface area (Å²) in [5.41, 5.74) is 1.13. The molecule has 0 fully saturated rings. The van der Waals surface area contributed by atoms with Gasteiger partial charge in [0.2, 0.25) is 0 Å². The van der Waals surface area contributed by atoms with E-state index in [4.69, 9.17) is 11.6 Å². The van der Waals surface area contributed by atoms with Gasteiger partial charge < -0.3 is 0 Å². The van der Waals surface area contributed by atoms with Gasteiger partial charge in [-0.25, -0.2) is 0 Å². The van der Waals surface area contributed by atoms with Crippen LogP contribution in [0.25, 0.3) is 10.1 Å². The van der Waals surface area contributed by atoms with Crippen LogP contribution in [-0.4, -0.2) is 6.29 Å². The Labute approximate surface area is 91.3 Å². The number of hydrogen-bond donors (Lipinski definition) is 0. The number of aryl methyl sites for hydroxylation is 1. The molecule has 0 N–H and O–H groups in total. The first-order valence-corrected chi connectivity index (χ1v) is 5.61. The topological polar surface area (TPSA) is 17.1 Å². The molecule has 0 aliphatic rings. The van der Waals surface area contributed by atoms with Crippen LogP contribution in [0.4, 0.5) is 0 Å². The summed E-state index contributed by atoms with van der Waals surface area (Å²) < 4.78 is 1.08. The van der Waals surface area contributed by atoms with E-state index in [-0.39, 0.29) is 0 Å². The van der Waals surface area contributed by atoms with Gasteiger partial charge in [-0.2, -0.15) is 0 Å². The molecule has 72 valence electrons. The summed E-state index contributed by atoms with van der Waals surface area (Å²) in [6.07, 6.45) is 1.80. The van der Waals surface area contributed by atoms with Crippen LogP contribution in [0.3, 0.4) is 0 Å². The zero-order valence-corrected chi connectivity index (χ0v) is 9.28. The minimum atomic E-state index is 0.754. The molecule has 1 nitrogen and oxygen atoms in total. The summed E-state index contributed by atoms with van der Waals surface area (Å²) in [6.45, 7) is 2.07. The molecule has 0 aliphatic heterocycles. The van der Waals surface area contributed by atoms with Crippen molar-refractivity contribution >= 4 is 39.3 Å². The second-order valence-electron chi connectivity index (χ2n) is 3.10. The van der Waals surface area contributed by atoms with Crippen molar-refractivity contribution in [2.24, 2.45) is 0 Å². The van der Waals surface area contributed by atoms with E-state index in [2.05, 4.69) is 13.0 Å². The summed E-state index contributed by atoms with van der Waals surface area (Å²) in [7, 11) is 0. The van der Waals surface area contributed by atoms with Crippen molar-refractivity contribution < 1.29 is 4.79 Å². The van der Waals surface area contributed by atoms with Crippen molar-refractivity contribution in [3.8, 4) is 0 Å². The van der Waals surface area contributed by atoms with E-state index in [1.54, 1.807) is 0 Å². The van der Waals surface area contributed by atoms with E-state index in [0.717, 1.165) is 38.3 Å². The van der Waals surface area contributed by atoms with Crippen LogP contribution in [0.1, 0.15) is 22.2 Å². The second-order valence-corrected chi connectivity index (χ2v) is 4.62. The Morgan fingerprint density at radius 3 is 2.86 bits per heavy atom. The van der Waals surface area contributed by atoms with Crippen molar-refractivity contribution in [3.05, 3.63) is 33.7 Å². The van der Waals surface area contributed by atoms with Crippen LogP contribution >= 0.6 is 22.9 Å². The Balaban J connectivity index is 2.69. The third kappa shape index (κ3) is 1.56. The van der Waals surface area contributed by atoms with Crippen LogP contribution in [0.5, 0.6) is 0 Å². The van der Waals surface area contributed by atoms with Gasteiger partial charge in [0.1, 0.15) is 0 Å². The molecule has 1 heterocycles. The van der Waals surface area contributed by atoms with Gasteiger partial charge >= 0.3 is 0 Å². The summed E-state index contributed by atoms with van der Waals surface area (Å²) in [5.74, 6) is 0. The Morgan fingerprint density at radius 1 is 1.43 bits per heavy atom. The number of thiophene rings is 1. The fourth-order valence-corrected chi connectivity index (χ4v) is 2.72. The van der Waals surface area contributed by atoms with Crippen molar-refractivity contribution in [3.63, 3.8) is 0 Å². The Morgan fingerprint density at radius 2 is 2.21 bits per heavy atom. The van der Waals surface area contributed by atoms with Crippen LogP contribution in [0, 0.1) is 0 Å². The van der Waals surface area contributed by atoms with E-state index >= 15 is 0 Å². The lowest BCUT2D eigenvalue weighted by molar-refractivity contribution is 0.112. The van der Waals surface area contributed by atoms with Gasteiger partial charge in [-0.1, -0.05) is 18.5 Å². The van der Waals surface area contributed by atoms with Crippen LogP contribution < -0.4 is 0 Å². The van der Waals surface area contributed by atoms with Gasteiger partial charge in [0, 0.05) is 9.72 Å². The van der Waals surface area contributed by atoms with Gasteiger partial charge in [-0.3, -0.25) is 4.79 Å². The largest absolute Gasteiger partial charge is 0.297 e. The highest BCUT2D eigenvalue weighted by atomic mass is 35.5. The Bertz CT molecular complexity index is 487. The normalized spacial score (nSPS) is 10.7. The number of aldehydes is 1. The summed E-state index contributed by atoms with van der Waals surface area (Å²) >= 11 is 7.55. The third-order valence-electron chi connectivity index (χ3n) is 2.20. The summed E-state index contributed by atoms with van der Waals surface area (Å²) in [6, 6.07) is 5.90. The number of halogens is 1. The van der Waals surface area contributed by atoms with Crippen molar-refractivity contribution in [1.82, 2.24) is 0 Å². The van der Waals surface area contributed by atoms with E-state index in [1.807, 2.05) is 12.1 Å². The molecule has 0 saturated heterocycles. The first kappa shape index (κ1) is 9.69. The molecule has 2 aromatic rings. The molecular formula is C11H9ClOS. The molecule has 0 saturated carbocycles. The first-order valence-electron chi connectivity index (χ1n) is 4.41. The Hall–Kier alpha value is -0.860. The van der Waals surface area contributed by atoms with Crippen LogP contribution in [0.15, 0.2) is 18.2 Å². The summed E-state index contributed by atoms with van der Waals surface area (Å²) in [5, 5.41) is 1.90. The molecule has 0 aliphatic carbocycles. The standard InChI is InChI=1S/C11H9ClOS/c1-2-7-3-8-4-9(6-13)14-11(8)5-10(7)12/h3-6H,2H2,1H3. The average molecular weight is 225 g/mol. The zero-order chi connectivity index (χ0) is 10.1. The lowest BCUT2D eigenvalue weighted by Gasteiger charge is -1.99. The molecule has 14 heavy (non-hydrogen) atoms. The molecule has 0 atom stereocenters. The first-order chi connectivity index (χ1) is 6.74. The van der Waals surface area contributed by atoms with Crippen molar-refractivity contribution in [2.75, 3.05) is 0 Å². The average Bonchev–Trinajstić information content (AvgIpc) is 2.58. The zero-order valence-electron chi connectivity index (χ0n) is 7.71. The van der Waals surface area contributed by atoms with Gasteiger partial charge in [-0.15, -0.1) is 11.3 Å². The quantitative estimate of drug-likeness (QED) is 0.707. The summed E-state index contributed by atoms with van der Waals surface area (Å²) in [4.78, 5) is 11.3. The fraction of sp³-hybridized carbons (Fsp3) is 0.182. The van der Waals surface area contributed by atoms with E-state index in [1.165, 1.54) is 11.3 Å². The lowest BCUT2D eigenvalue weighted by Crippen LogP contribution is -1.80. The minimum absolute atomic E-state index is 0.754. The van der Waals surface area contributed by atoms with E-state index < -0.39 is 0 Å². The predicted octanol–water partition coefficient (Wildman–Crippen LogP) is 3.93. The predicted molar refractivity (Wildman–Crippen MR) is 61.6 cm³/mol. The minimum Gasteiger partial charge on any atom is -0.297 e. The molecule has 2 rings (SSSR count). The third-order valence-corrected chi connectivity index (χ3v) is 3.58. The number of rotatable bonds is 2. The fourth-order valence-electron chi connectivity index (χ4n) is 1.46. The number of fused-ring (bicyclic) bond motifs is 1. The number of benzene rings is 1. The number of hydrogen-bond acceptors (Lipinski definition) is 2. The number of carbonyl (C=O) groups is 1. The molecule has 1 aromatic heterocycles. The smallest absolute Gasteiger partial charge is 0.160 e. The van der Waals surface area contributed by atoms with Crippen molar-refractivity contribution in [1.29, 1.82) is 0 Å². The lowest BCUT2D eigenvalue weighted by atomic mass is 10.1. The van der Waals surface area contributed by atoms with Crippen LogP contribution in [0.2, 0.25) is 5.02 Å². The van der Waals surface area contributed by atoms with Gasteiger partial charge in [0.05, 0.1) is 4.88 Å². The van der Waals surface area contributed by atoms with Crippen molar-refractivity contribution in [2.45, 2.75) is 13.3 Å². The molecule has 1 aromatic carbocycles. The number of carbonyl (C=O) groups excluding carboxylic acids is 1. The molecule has 0 amide bonds. The van der Waals surface area contributed by atoms with Gasteiger partial charge in [-0.05, 0) is 35.6 Å². The monoisotopic (exact) mass is 224 g/mol. The van der Waals surface area contributed by atoms with E-state index in [0.29, 0.717) is 0 Å². The Kier molecular flexibility index (Phi) is 2.57. The second kappa shape index (κ2) is 3.71. The maximum atomic E-state index is 10.6. The van der Waals surface area contributed by atoms with Crippen LogP contribution in [-0.2, 0) is 6.42 Å². The van der Waals surface area contributed by atoms with Gasteiger partial charge in [0.15, 0.2) is 6.29 Å². The SMILES string of the molecule is CCc1cc2cc(C=O)sc2cc1Cl. The molecule has 3 heteroatoms. The maximum Gasteiger partial charge on any atom is 0.160 e. The highest BCUT2D eigenvalue weighted by Gasteiger charge is 2.05. The molecule has 0 radical (unpaired) electrons. The highest BCUT2D eigenvalue weighted by molar-refractivity contribution is 7.20. The molecule has 0 unspecified atom stereocenters. The van der Waals surface area contributed by atoms with E-state index in [9.17, 15) is 4.79 Å².